The SMILES string of the molecule is CCCCCNc1cc(Cl)c(OC(F)F)c(Cl)c1. The first-order valence-electron chi connectivity index (χ1n) is 5.72. The first-order chi connectivity index (χ1) is 8.54. The third-order valence-electron chi connectivity index (χ3n) is 2.31. The fourth-order valence-electron chi connectivity index (χ4n) is 1.47. The molecule has 0 saturated carbocycles. The minimum absolute atomic E-state index is 0.0702. The maximum Gasteiger partial charge on any atom is 0.387 e. The molecule has 1 N–H and O–H groups in total. The molecule has 0 heterocycles. The number of nitrogens with one attached hydrogen (secondary N) is 1. The van der Waals surface area contributed by atoms with Crippen molar-refractivity contribution in [3.8, 4) is 5.75 Å². The summed E-state index contributed by atoms with van der Waals surface area (Å²) in [6, 6.07) is 3.05. The predicted molar refractivity (Wildman–Crippen MR) is 71.1 cm³/mol. The fraction of sp³-hybridized carbons (Fsp3) is 0.500. The Kier molecular flexibility index (Phi) is 6.50. The number of alkyl halides is 2. The number of halogens is 4. The number of hydrogen-bond donors (Lipinski definition) is 1. The number of benzene rings is 1. The van der Waals surface area contributed by atoms with E-state index in [2.05, 4.69) is 17.0 Å². The van der Waals surface area contributed by atoms with Crippen molar-refractivity contribution in [1.82, 2.24) is 0 Å². The second-order valence-corrected chi connectivity index (χ2v) is 4.60. The van der Waals surface area contributed by atoms with Crippen molar-refractivity contribution in [3.05, 3.63) is 22.2 Å². The molecule has 2 nitrogen and oxygen atoms in total. The highest BCUT2D eigenvalue weighted by Crippen LogP contribution is 2.36. The van der Waals surface area contributed by atoms with Crippen molar-refractivity contribution in [1.29, 1.82) is 0 Å². The molecule has 1 aromatic carbocycles. The Balaban J connectivity index is 2.67. The van der Waals surface area contributed by atoms with E-state index in [4.69, 9.17) is 23.2 Å². The molecular formula is C12H15Cl2F2NO. The highest BCUT2D eigenvalue weighted by Gasteiger charge is 2.14. The molecule has 0 aliphatic heterocycles. The maximum atomic E-state index is 12.1. The van der Waals surface area contributed by atoms with Crippen molar-refractivity contribution >= 4 is 28.9 Å². The lowest BCUT2D eigenvalue weighted by Gasteiger charge is -2.12. The van der Waals surface area contributed by atoms with E-state index in [0.29, 0.717) is 5.69 Å². The zero-order valence-corrected chi connectivity index (χ0v) is 11.5. The molecule has 0 radical (unpaired) electrons. The van der Waals surface area contributed by atoms with Gasteiger partial charge in [0.1, 0.15) is 0 Å². The smallest absolute Gasteiger partial charge is 0.387 e. The van der Waals surface area contributed by atoms with Crippen LogP contribution in [0.4, 0.5) is 14.5 Å². The number of ether oxygens (including phenoxy) is 1. The summed E-state index contributed by atoms with van der Waals surface area (Å²) in [5.41, 5.74) is 0.697. The molecule has 18 heavy (non-hydrogen) atoms. The first-order valence-corrected chi connectivity index (χ1v) is 6.48. The minimum Gasteiger partial charge on any atom is -0.432 e. The molecule has 0 aromatic heterocycles. The molecule has 0 unspecified atom stereocenters. The van der Waals surface area contributed by atoms with Gasteiger partial charge >= 0.3 is 6.61 Å². The van der Waals surface area contributed by atoms with Crippen LogP contribution in [-0.4, -0.2) is 13.2 Å². The minimum atomic E-state index is -2.94. The van der Waals surface area contributed by atoms with E-state index in [1.165, 1.54) is 12.1 Å². The van der Waals surface area contributed by atoms with Gasteiger partial charge in [0, 0.05) is 12.2 Å². The molecule has 6 heteroatoms. The molecule has 0 fully saturated rings. The van der Waals surface area contributed by atoms with Crippen molar-refractivity contribution < 1.29 is 13.5 Å². The van der Waals surface area contributed by atoms with Crippen LogP contribution in [0.5, 0.6) is 5.75 Å². The van der Waals surface area contributed by atoms with Crippen LogP contribution >= 0.6 is 23.2 Å². The summed E-state index contributed by atoms with van der Waals surface area (Å²) in [6.07, 6.45) is 3.28. The van der Waals surface area contributed by atoms with Gasteiger partial charge in [-0.05, 0) is 18.6 Å². The number of hydrogen-bond acceptors (Lipinski definition) is 2. The van der Waals surface area contributed by atoms with E-state index in [-0.39, 0.29) is 15.8 Å². The van der Waals surface area contributed by atoms with Gasteiger partial charge in [-0.3, -0.25) is 0 Å². The van der Waals surface area contributed by atoms with E-state index in [1.54, 1.807) is 0 Å². The van der Waals surface area contributed by atoms with Crippen LogP contribution in [0.2, 0.25) is 10.0 Å². The first kappa shape index (κ1) is 15.3. The Labute approximate surface area is 115 Å². The van der Waals surface area contributed by atoms with Gasteiger partial charge in [-0.25, -0.2) is 0 Å². The third kappa shape index (κ3) is 4.86. The molecule has 0 atom stereocenters. The lowest BCUT2D eigenvalue weighted by molar-refractivity contribution is -0.0497. The Morgan fingerprint density at radius 1 is 1.22 bits per heavy atom. The largest absolute Gasteiger partial charge is 0.432 e. The quantitative estimate of drug-likeness (QED) is 0.699. The molecule has 0 amide bonds. The molecule has 0 saturated heterocycles. The monoisotopic (exact) mass is 297 g/mol. The van der Waals surface area contributed by atoms with Crippen LogP contribution < -0.4 is 10.1 Å². The molecule has 102 valence electrons. The Bertz CT molecular complexity index is 365. The Hall–Kier alpha value is -0.740. The van der Waals surface area contributed by atoms with Crippen molar-refractivity contribution in [2.75, 3.05) is 11.9 Å². The normalized spacial score (nSPS) is 10.8. The van der Waals surface area contributed by atoms with Crippen LogP contribution in [0.15, 0.2) is 12.1 Å². The van der Waals surface area contributed by atoms with Gasteiger partial charge in [0.25, 0.3) is 0 Å². The number of anilines is 1. The van der Waals surface area contributed by atoms with Gasteiger partial charge in [-0.2, -0.15) is 8.78 Å². The van der Waals surface area contributed by atoms with Crippen molar-refractivity contribution in [2.45, 2.75) is 32.8 Å². The molecule has 1 rings (SSSR count). The van der Waals surface area contributed by atoms with Gasteiger partial charge in [0.15, 0.2) is 5.75 Å². The third-order valence-corrected chi connectivity index (χ3v) is 2.88. The molecule has 0 aliphatic carbocycles. The summed E-state index contributed by atoms with van der Waals surface area (Å²) in [4.78, 5) is 0. The molecule has 0 spiro atoms. The lowest BCUT2D eigenvalue weighted by atomic mass is 10.2. The van der Waals surface area contributed by atoms with Gasteiger partial charge in [-0.15, -0.1) is 0 Å². The average Bonchev–Trinajstić information content (AvgIpc) is 2.29. The van der Waals surface area contributed by atoms with Crippen LogP contribution in [-0.2, 0) is 0 Å². The summed E-state index contributed by atoms with van der Waals surface area (Å²) in [5, 5.41) is 3.27. The second-order valence-electron chi connectivity index (χ2n) is 3.78. The average molecular weight is 298 g/mol. The molecule has 0 aliphatic rings. The van der Waals surface area contributed by atoms with Crippen LogP contribution in [0.25, 0.3) is 0 Å². The summed E-state index contributed by atoms with van der Waals surface area (Å²) >= 11 is 11.7. The highest BCUT2D eigenvalue weighted by molar-refractivity contribution is 6.37. The fourth-order valence-corrected chi connectivity index (χ4v) is 2.05. The van der Waals surface area contributed by atoms with Crippen molar-refractivity contribution in [2.24, 2.45) is 0 Å². The molecule has 1 aromatic rings. The van der Waals surface area contributed by atoms with E-state index in [0.717, 1.165) is 25.8 Å². The predicted octanol–water partition coefficient (Wildman–Crippen LogP) is 5.20. The van der Waals surface area contributed by atoms with Crippen LogP contribution in [0.1, 0.15) is 26.2 Å². The van der Waals surface area contributed by atoms with Crippen LogP contribution in [0.3, 0.4) is 0 Å². The van der Waals surface area contributed by atoms with Gasteiger partial charge < -0.3 is 10.1 Å². The topological polar surface area (TPSA) is 21.3 Å². The molecular weight excluding hydrogens is 283 g/mol. The maximum absolute atomic E-state index is 12.1. The van der Waals surface area contributed by atoms with Crippen molar-refractivity contribution in [3.63, 3.8) is 0 Å². The zero-order chi connectivity index (χ0) is 13.5. The standard InChI is InChI=1S/C12H15Cl2F2NO/c1-2-3-4-5-17-8-6-9(13)11(10(14)7-8)18-12(15)16/h6-7,12,17H,2-5H2,1H3. The summed E-state index contributed by atoms with van der Waals surface area (Å²) in [5.74, 6) is -0.188. The second kappa shape index (κ2) is 7.64. The van der Waals surface area contributed by atoms with E-state index in [9.17, 15) is 8.78 Å². The molecule has 0 bridgehead atoms. The van der Waals surface area contributed by atoms with Gasteiger partial charge in [0.2, 0.25) is 0 Å². The van der Waals surface area contributed by atoms with Gasteiger partial charge in [-0.1, -0.05) is 43.0 Å². The number of rotatable bonds is 7. The lowest BCUT2D eigenvalue weighted by Crippen LogP contribution is -2.05. The number of unbranched alkanes of at least 4 members (excludes halogenated alkanes) is 2. The summed E-state index contributed by atoms with van der Waals surface area (Å²) in [6.45, 7) is -0.0388. The van der Waals surface area contributed by atoms with E-state index in [1.807, 2.05) is 0 Å². The van der Waals surface area contributed by atoms with Crippen LogP contribution in [0, 0.1) is 0 Å². The Morgan fingerprint density at radius 3 is 2.33 bits per heavy atom. The zero-order valence-electron chi connectivity index (χ0n) is 9.98. The Morgan fingerprint density at radius 2 is 1.83 bits per heavy atom. The van der Waals surface area contributed by atoms with E-state index >= 15 is 0 Å². The van der Waals surface area contributed by atoms with E-state index < -0.39 is 6.61 Å². The summed E-state index contributed by atoms with van der Waals surface area (Å²) < 4.78 is 28.5. The highest BCUT2D eigenvalue weighted by atomic mass is 35.5. The van der Waals surface area contributed by atoms with Gasteiger partial charge in [0.05, 0.1) is 10.0 Å². The summed E-state index contributed by atoms with van der Waals surface area (Å²) in [7, 11) is 0.